The van der Waals surface area contributed by atoms with Crippen molar-refractivity contribution in [3.8, 4) is 11.5 Å². The lowest BCUT2D eigenvalue weighted by molar-refractivity contribution is -0.119. The van der Waals surface area contributed by atoms with Gasteiger partial charge in [0.25, 0.3) is 5.91 Å². The normalized spacial score (nSPS) is 9.80. The zero-order chi connectivity index (χ0) is 18.2. The maximum atomic E-state index is 11.9. The van der Waals surface area contributed by atoms with E-state index in [1.165, 1.54) is 12.1 Å². The second-order valence-electron chi connectivity index (χ2n) is 5.00. The monoisotopic (exact) mass is 359 g/mol. The number of amides is 2. The van der Waals surface area contributed by atoms with E-state index in [-0.39, 0.29) is 28.8 Å². The molecule has 2 aromatic rings. The van der Waals surface area contributed by atoms with E-state index in [1.807, 2.05) is 0 Å². The SMILES string of the molecule is COc1ccc(CC(=O)NC(=S)NNC(=O)c2ccccc2O)cc1. The minimum Gasteiger partial charge on any atom is -0.507 e. The minimum atomic E-state index is -0.579. The summed E-state index contributed by atoms with van der Waals surface area (Å²) in [6.07, 6.45) is 0.124. The summed E-state index contributed by atoms with van der Waals surface area (Å²) in [6, 6.07) is 13.1. The number of benzene rings is 2. The van der Waals surface area contributed by atoms with Crippen LogP contribution in [0.4, 0.5) is 0 Å². The number of phenolic OH excluding ortho intramolecular Hbond substituents is 1. The molecule has 0 aliphatic heterocycles. The van der Waals surface area contributed by atoms with Gasteiger partial charge in [-0.2, -0.15) is 0 Å². The highest BCUT2D eigenvalue weighted by Gasteiger charge is 2.11. The number of aromatic hydroxyl groups is 1. The summed E-state index contributed by atoms with van der Waals surface area (Å²) < 4.78 is 5.05. The lowest BCUT2D eigenvalue weighted by Gasteiger charge is -2.11. The first-order valence-corrected chi connectivity index (χ1v) is 7.71. The molecule has 2 aromatic carbocycles. The number of carbonyl (C=O) groups excluding carboxylic acids is 2. The second kappa shape index (κ2) is 8.65. The minimum absolute atomic E-state index is 0.0534. The number of carbonyl (C=O) groups is 2. The molecule has 0 bridgehead atoms. The van der Waals surface area contributed by atoms with E-state index < -0.39 is 5.91 Å². The standard InChI is InChI=1S/C17H17N3O4S/c1-24-12-8-6-11(7-9-12)10-15(22)18-17(25)20-19-16(23)13-4-2-3-5-14(13)21/h2-9,21H,10H2,1H3,(H,19,23)(H2,18,20,22,25). The van der Waals surface area contributed by atoms with Gasteiger partial charge in [0.05, 0.1) is 19.1 Å². The molecule has 0 aliphatic carbocycles. The summed E-state index contributed by atoms with van der Waals surface area (Å²) in [6.45, 7) is 0. The van der Waals surface area contributed by atoms with E-state index in [2.05, 4.69) is 16.2 Å². The van der Waals surface area contributed by atoms with Crippen molar-refractivity contribution in [2.75, 3.05) is 7.11 Å². The summed E-state index contributed by atoms with van der Waals surface area (Å²) >= 11 is 4.95. The summed E-state index contributed by atoms with van der Waals surface area (Å²) in [4.78, 5) is 23.8. The van der Waals surface area contributed by atoms with Gasteiger partial charge in [0.2, 0.25) is 5.91 Å². The zero-order valence-corrected chi connectivity index (χ0v) is 14.2. The molecule has 8 heteroatoms. The molecule has 25 heavy (non-hydrogen) atoms. The third-order valence-electron chi connectivity index (χ3n) is 3.21. The number of hydrazine groups is 1. The van der Waals surface area contributed by atoms with Crippen molar-refractivity contribution in [2.24, 2.45) is 0 Å². The average Bonchev–Trinajstić information content (AvgIpc) is 2.60. The predicted molar refractivity (Wildman–Crippen MR) is 96.1 cm³/mol. The van der Waals surface area contributed by atoms with Gasteiger partial charge in [-0.25, -0.2) is 0 Å². The number of rotatable bonds is 4. The van der Waals surface area contributed by atoms with Crippen LogP contribution >= 0.6 is 12.2 Å². The summed E-state index contributed by atoms with van der Waals surface area (Å²) in [5, 5.41) is 12.0. The van der Waals surface area contributed by atoms with Crippen molar-refractivity contribution in [3.63, 3.8) is 0 Å². The van der Waals surface area contributed by atoms with E-state index in [4.69, 9.17) is 17.0 Å². The molecule has 0 spiro atoms. The van der Waals surface area contributed by atoms with Crippen LogP contribution in [0.3, 0.4) is 0 Å². The Labute approximate surface area is 150 Å². The fraction of sp³-hybridized carbons (Fsp3) is 0.118. The van der Waals surface area contributed by atoms with Gasteiger partial charge in [-0.15, -0.1) is 0 Å². The van der Waals surface area contributed by atoms with Crippen LogP contribution < -0.4 is 20.9 Å². The molecule has 2 rings (SSSR count). The van der Waals surface area contributed by atoms with Crippen molar-refractivity contribution in [3.05, 3.63) is 59.7 Å². The topological polar surface area (TPSA) is 99.7 Å². The van der Waals surface area contributed by atoms with Gasteiger partial charge in [-0.1, -0.05) is 24.3 Å². The predicted octanol–water partition coefficient (Wildman–Crippen LogP) is 1.28. The number of hydrogen-bond donors (Lipinski definition) is 4. The molecule has 0 saturated heterocycles. The van der Waals surface area contributed by atoms with Gasteiger partial charge >= 0.3 is 0 Å². The Bertz CT molecular complexity index is 778. The van der Waals surface area contributed by atoms with Crippen LogP contribution in [0, 0.1) is 0 Å². The quantitative estimate of drug-likeness (QED) is 0.485. The van der Waals surface area contributed by atoms with Gasteiger partial charge in [0, 0.05) is 0 Å². The molecule has 130 valence electrons. The fourth-order valence-corrected chi connectivity index (χ4v) is 2.14. The van der Waals surface area contributed by atoms with Gasteiger partial charge in [0.1, 0.15) is 11.5 Å². The molecule has 0 unspecified atom stereocenters. The number of hydrogen-bond acceptors (Lipinski definition) is 5. The Morgan fingerprint density at radius 1 is 1.08 bits per heavy atom. The van der Waals surface area contributed by atoms with Crippen LogP contribution in [0.5, 0.6) is 11.5 Å². The average molecular weight is 359 g/mol. The molecule has 2 amide bonds. The van der Waals surface area contributed by atoms with Gasteiger partial charge in [-0.05, 0) is 42.0 Å². The van der Waals surface area contributed by atoms with E-state index in [0.29, 0.717) is 5.75 Å². The van der Waals surface area contributed by atoms with E-state index in [1.54, 1.807) is 43.5 Å². The van der Waals surface area contributed by atoms with E-state index in [0.717, 1.165) is 5.56 Å². The number of ether oxygens (including phenoxy) is 1. The first kappa shape index (κ1) is 18.2. The molecular formula is C17H17N3O4S. The highest BCUT2D eigenvalue weighted by molar-refractivity contribution is 7.80. The van der Waals surface area contributed by atoms with Gasteiger partial charge in [-0.3, -0.25) is 20.4 Å². The molecule has 7 nitrogen and oxygen atoms in total. The van der Waals surface area contributed by atoms with Crippen molar-refractivity contribution in [1.29, 1.82) is 0 Å². The van der Waals surface area contributed by atoms with Crippen LogP contribution in [0.25, 0.3) is 0 Å². The van der Waals surface area contributed by atoms with Gasteiger partial charge < -0.3 is 15.2 Å². The van der Waals surface area contributed by atoms with Crippen LogP contribution in [0.15, 0.2) is 48.5 Å². The molecule has 0 fully saturated rings. The van der Waals surface area contributed by atoms with Crippen LogP contribution in [-0.4, -0.2) is 29.1 Å². The van der Waals surface area contributed by atoms with Crippen molar-refractivity contribution < 1.29 is 19.4 Å². The summed E-state index contributed by atoms with van der Waals surface area (Å²) in [5.74, 6) is -0.367. The number of nitrogens with one attached hydrogen (secondary N) is 3. The highest BCUT2D eigenvalue weighted by Crippen LogP contribution is 2.14. The molecule has 0 aromatic heterocycles. The number of methoxy groups -OCH3 is 1. The second-order valence-corrected chi connectivity index (χ2v) is 5.41. The molecule has 0 atom stereocenters. The van der Waals surface area contributed by atoms with Crippen LogP contribution in [0.2, 0.25) is 0 Å². The zero-order valence-electron chi connectivity index (χ0n) is 13.4. The maximum Gasteiger partial charge on any atom is 0.273 e. The Kier molecular flexibility index (Phi) is 6.30. The lowest BCUT2D eigenvalue weighted by atomic mass is 10.1. The Morgan fingerprint density at radius 2 is 1.76 bits per heavy atom. The van der Waals surface area contributed by atoms with Gasteiger partial charge in [0.15, 0.2) is 5.11 Å². The molecule has 0 radical (unpaired) electrons. The highest BCUT2D eigenvalue weighted by atomic mass is 32.1. The Morgan fingerprint density at radius 3 is 2.40 bits per heavy atom. The first-order chi connectivity index (χ1) is 12.0. The Hall–Kier alpha value is -3.13. The van der Waals surface area contributed by atoms with Crippen LogP contribution in [0.1, 0.15) is 15.9 Å². The largest absolute Gasteiger partial charge is 0.507 e. The molecule has 0 heterocycles. The third-order valence-corrected chi connectivity index (χ3v) is 3.42. The number of para-hydroxylation sites is 1. The van der Waals surface area contributed by atoms with E-state index >= 15 is 0 Å². The Balaban J connectivity index is 1.80. The molecule has 0 saturated carbocycles. The number of thiocarbonyl (C=S) groups is 1. The molecule has 0 aliphatic rings. The van der Waals surface area contributed by atoms with Crippen molar-refractivity contribution >= 4 is 29.1 Å². The van der Waals surface area contributed by atoms with Crippen molar-refractivity contribution in [1.82, 2.24) is 16.2 Å². The molecule has 4 N–H and O–H groups in total. The van der Waals surface area contributed by atoms with E-state index in [9.17, 15) is 14.7 Å². The first-order valence-electron chi connectivity index (χ1n) is 7.30. The summed E-state index contributed by atoms with van der Waals surface area (Å²) in [5.41, 5.74) is 5.59. The lowest BCUT2D eigenvalue weighted by Crippen LogP contribution is -2.48. The smallest absolute Gasteiger partial charge is 0.273 e. The molecular weight excluding hydrogens is 342 g/mol. The maximum absolute atomic E-state index is 11.9. The van der Waals surface area contributed by atoms with Crippen molar-refractivity contribution in [2.45, 2.75) is 6.42 Å². The number of phenols is 1. The summed E-state index contributed by atoms with van der Waals surface area (Å²) in [7, 11) is 1.56. The third kappa shape index (κ3) is 5.47. The fourth-order valence-electron chi connectivity index (χ4n) is 1.98. The van der Waals surface area contributed by atoms with Crippen LogP contribution in [-0.2, 0) is 11.2 Å².